The SMILES string of the molecule is CC(C)(C#CC(C)(C)c1ccccc1NC(=O)Nc1ccccc1)c1ccc(C(C)(C)C#CC(C)(C)c2ccccc2NC(=O)Nc2ccccc2)[nH]1. The lowest BCUT2D eigenvalue weighted by atomic mass is 9.81. The summed E-state index contributed by atoms with van der Waals surface area (Å²) in [6.07, 6.45) is 0. The van der Waals surface area contributed by atoms with Gasteiger partial charge in [-0.15, -0.1) is 0 Å². The molecule has 0 aliphatic rings. The number of aromatic amines is 1. The molecule has 4 aromatic carbocycles. The van der Waals surface area contributed by atoms with Gasteiger partial charge in [-0.1, -0.05) is 96.5 Å². The summed E-state index contributed by atoms with van der Waals surface area (Å²) in [5.74, 6) is 14.1. The van der Waals surface area contributed by atoms with E-state index < -0.39 is 21.7 Å². The molecule has 0 unspecified atom stereocenters. The highest BCUT2D eigenvalue weighted by molar-refractivity contribution is 6.01. The summed E-state index contributed by atoms with van der Waals surface area (Å²) in [6.45, 7) is 16.7. The van der Waals surface area contributed by atoms with Crippen LogP contribution in [0.1, 0.15) is 77.9 Å². The van der Waals surface area contributed by atoms with Crippen molar-refractivity contribution in [3.63, 3.8) is 0 Å². The van der Waals surface area contributed by atoms with Crippen LogP contribution in [0.3, 0.4) is 0 Å². The Balaban J connectivity index is 1.31. The van der Waals surface area contributed by atoms with Crippen LogP contribution in [0.15, 0.2) is 121 Å². The van der Waals surface area contributed by atoms with Gasteiger partial charge in [-0.3, -0.25) is 0 Å². The lowest BCUT2D eigenvalue weighted by Crippen LogP contribution is -2.24. The Morgan fingerprint density at radius 3 is 1.11 bits per heavy atom. The molecular formula is C46H49N5O2. The highest BCUT2D eigenvalue weighted by Gasteiger charge is 2.28. The molecule has 0 aliphatic heterocycles. The van der Waals surface area contributed by atoms with Crippen molar-refractivity contribution in [2.24, 2.45) is 0 Å². The molecule has 5 rings (SSSR count). The predicted octanol–water partition coefficient (Wildman–Crippen LogP) is 10.8. The highest BCUT2D eigenvalue weighted by Crippen LogP contribution is 2.33. The van der Waals surface area contributed by atoms with Gasteiger partial charge < -0.3 is 26.3 Å². The molecule has 0 atom stereocenters. The first kappa shape index (κ1) is 38.1. The van der Waals surface area contributed by atoms with Crippen molar-refractivity contribution < 1.29 is 9.59 Å². The van der Waals surface area contributed by atoms with E-state index in [1.54, 1.807) is 0 Å². The van der Waals surface area contributed by atoms with E-state index in [9.17, 15) is 9.59 Å². The van der Waals surface area contributed by atoms with Crippen LogP contribution in [0.4, 0.5) is 32.3 Å². The standard InChI is InChI=1S/C46H49N5O2/c1-43(2,35-23-15-17-25-37(35)49-41(52)47-33-19-11-9-12-20-33)29-31-45(5,6)39-27-28-40(51-39)46(7,8)32-30-44(3,4)36-24-16-18-26-38(36)50-42(53)48-34-21-13-10-14-22-34/h9-28,51H,1-8H3,(H2,47,49,52)(H2,48,50,53). The van der Waals surface area contributed by atoms with E-state index in [0.717, 1.165) is 33.9 Å². The van der Waals surface area contributed by atoms with Crippen LogP contribution in [0.2, 0.25) is 0 Å². The fourth-order valence-corrected chi connectivity index (χ4v) is 5.91. The number of amides is 4. The summed E-state index contributed by atoms with van der Waals surface area (Å²) in [6, 6.07) is 37.8. The number of anilines is 4. The summed E-state index contributed by atoms with van der Waals surface area (Å²) in [4.78, 5) is 29.3. The van der Waals surface area contributed by atoms with E-state index in [2.05, 4.69) is 117 Å². The molecule has 1 heterocycles. The molecule has 0 fully saturated rings. The van der Waals surface area contributed by atoms with Crippen LogP contribution < -0.4 is 21.3 Å². The summed E-state index contributed by atoms with van der Waals surface area (Å²) < 4.78 is 0. The lowest BCUT2D eigenvalue weighted by Gasteiger charge is -2.25. The summed E-state index contributed by atoms with van der Waals surface area (Å²) in [5, 5.41) is 11.8. The minimum absolute atomic E-state index is 0.312. The zero-order chi connectivity index (χ0) is 38.3. The molecule has 0 aliphatic carbocycles. The number of hydrogen-bond donors (Lipinski definition) is 5. The van der Waals surface area contributed by atoms with Gasteiger partial charge >= 0.3 is 12.1 Å². The van der Waals surface area contributed by atoms with Crippen molar-refractivity contribution in [3.05, 3.63) is 144 Å². The third-order valence-electron chi connectivity index (χ3n) is 9.17. The van der Waals surface area contributed by atoms with E-state index >= 15 is 0 Å². The van der Waals surface area contributed by atoms with Gasteiger partial charge in [-0.2, -0.15) is 0 Å². The number of urea groups is 2. The molecule has 0 spiro atoms. The van der Waals surface area contributed by atoms with E-state index in [4.69, 9.17) is 0 Å². The van der Waals surface area contributed by atoms with Gasteiger partial charge in [0.25, 0.3) is 0 Å². The Bertz CT molecular complexity index is 2030. The third kappa shape index (κ3) is 9.79. The van der Waals surface area contributed by atoms with Crippen LogP contribution in [-0.4, -0.2) is 17.0 Å². The Kier molecular flexibility index (Phi) is 11.2. The first-order valence-corrected chi connectivity index (χ1v) is 17.8. The van der Waals surface area contributed by atoms with Crippen molar-refractivity contribution >= 4 is 34.8 Å². The number of nitrogens with one attached hydrogen (secondary N) is 5. The van der Waals surface area contributed by atoms with Crippen LogP contribution in [0.25, 0.3) is 0 Å². The van der Waals surface area contributed by atoms with Gasteiger partial charge in [0.2, 0.25) is 0 Å². The first-order valence-electron chi connectivity index (χ1n) is 17.8. The minimum atomic E-state index is -0.562. The van der Waals surface area contributed by atoms with E-state index in [0.29, 0.717) is 11.4 Å². The molecule has 0 saturated carbocycles. The van der Waals surface area contributed by atoms with E-state index in [1.165, 1.54) is 0 Å². The molecular weight excluding hydrogens is 655 g/mol. The molecule has 0 radical (unpaired) electrons. The number of benzene rings is 4. The van der Waals surface area contributed by atoms with Gasteiger partial charge in [0, 0.05) is 34.1 Å². The Morgan fingerprint density at radius 2 is 0.736 bits per heavy atom. The number of aromatic nitrogens is 1. The van der Waals surface area contributed by atoms with Crippen molar-refractivity contribution in [1.82, 2.24) is 4.98 Å². The lowest BCUT2D eigenvalue weighted by molar-refractivity contribution is 0.261. The van der Waals surface area contributed by atoms with Crippen molar-refractivity contribution in [2.75, 3.05) is 21.3 Å². The van der Waals surface area contributed by atoms with Crippen LogP contribution in [0.5, 0.6) is 0 Å². The van der Waals surface area contributed by atoms with Crippen LogP contribution >= 0.6 is 0 Å². The van der Waals surface area contributed by atoms with Crippen molar-refractivity contribution in [3.8, 4) is 23.7 Å². The number of rotatable bonds is 8. The molecule has 7 heteroatoms. The molecule has 0 saturated heterocycles. The summed E-state index contributed by atoms with van der Waals surface area (Å²) >= 11 is 0. The predicted molar refractivity (Wildman–Crippen MR) is 219 cm³/mol. The maximum absolute atomic E-state index is 12.8. The minimum Gasteiger partial charge on any atom is -0.360 e. The van der Waals surface area contributed by atoms with Gasteiger partial charge in [-0.25, -0.2) is 9.59 Å². The largest absolute Gasteiger partial charge is 0.360 e. The number of carbonyl (C=O) groups is 2. The van der Waals surface area contributed by atoms with Crippen LogP contribution in [-0.2, 0) is 21.7 Å². The second-order valence-corrected chi connectivity index (χ2v) is 15.3. The normalized spacial score (nSPS) is 11.6. The van der Waals surface area contributed by atoms with Gasteiger partial charge in [0.15, 0.2) is 0 Å². The highest BCUT2D eigenvalue weighted by atomic mass is 16.2. The van der Waals surface area contributed by atoms with Crippen LogP contribution in [0, 0.1) is 23.7 Å². The Hall–Kier alpha value is -6.18. The smallest absolute Gasteiger partial charge is 0.323 e. The van der Waals surface area contributed by atoms with Gasteiger partial charge in [0.05, 0.1) is 21.7 Å². The quantitative estimate of drug-likeness (QED) is 0.104. The molecule has 1 aromatic heterocycles. The molecule has 53 heavy (non-hydrogen) atoms. The first-order chi connectivity index (χ1) is 25.1. The third-order valence-corrected chi connectivity index (χ3v) is 9.17. The Labute approximate surface area is 314 Å². The fraction of sp³-hybridized carbons (Fsp3) is 0.261. The molecule has 5 aromatic rings. The molecule has 5 N–H and O–H groups in total. The molecule has 7 nitrogen and oxygen atoms in total. The zero-order valence-electron chi connectivity index (χ0n) is 31.9. The van der Waals surface area contributed by atoms with Crippen molar-refractivity contribution in [1.29, 1.82) is 0 Å². The number of hydrogen-bond acceptors (Lipinski definition) is 2. The molecule has 0 bridgehead atoms. The number of para-hydroxylation sites is 4. The van der Waals surface area contributed by atoms with E-state index in [-0.39, 0.29) is 12.1 Å². The topological polar surface area (TPSA) is 98.1 Å². The van der Waals surface area contributed by atoms with Gasteiger partial charge in [0.1, 0.15) is 0 Å². The molecule has 4 amide bonds. The van der Waals surface area contributed by atoms with Crippen molar-refractivity contribution in [2.45, 2.75) is 77.0 Å². The van der Waals surface area contributed by atoms with E-state index in [1.807, 2.05) is 109 Å². The molecule has 270 valence electrons. The number of carbonyl (C=O) groups excluding carboxylic acids is 2. The maximum Gasteiger partial charge on any atom is 0.323 e. The average Bonchev–Trinajstić information content (AvgIpc) is 3.64. The second kappa shape index (κ2) is 15.6. The summed E-state index contributed by atoms with van der Waals surface area (Å²) in [5.41, 5.74) is 4.53. The summed E-state index contributed by atoms with van der Waals surface area (Å²) in [7, 11) is 0. The number of H-pyrrole nitrogens is 1. The zero-order valence-corrected chi connectivity index (χ0v) is 31.9. The van der Waals surface area contributed by atoms with Gasteiger partial charge in [-0.05, 0) is 115 Å². The average molecular weight is 704 g/mol. The monoisotopic (exact) mass is 703 g/mol. The fourth-order valence-electron chi connectivity index (χ4n) is 5.91. The Morgan fingerprint density at radius 1 is 0.415 bits per heavy atom. The second-order valence-electron chi connectivity index (χ2n) is 15.3. The maximum atomic E-state index is 12.8.